The molecule has 0 aromatic heterocycles. The molecule has 2 rings (SSSR count). The molecular weight excluding hydrogens is 268 g/mol. The quantitative estimate of drug-likeness (QED) is 0.790. The number of hydrogen-bond acceptors (Lipinski definition) is 1. The van der Waals surface area contributed by atoms with Crippen LogP contribution in [0.3, 0.4) is 0 Å². The molecule has 0 saturated carbocycles. The monoisotopic (exact) mass is 285 g/mol. The molecule has 3 heteroatoms. The average molecular weight is 285 g/mol. The van der Waals surface area contributed by atoms with E-state index in [1.807, 2.05) is 0 Å². The number of benzene rings is 2. The van der Waals surface area contributed by atoms with Gasteiger partial charge in [-0.05, 0) is 46.9 Å². The number of nitriles is 1. The van der Waals surface area contributed by atoms with Gasteiger partial charge in [-0.15, -0.1) is 0 Å². The van der Waals surface area contributed by atoms with Crippen LogP contribution in [0.2, 0.25) is 0 Å². The maximum absolute atomic E-state index is 13.4. The average Bonchev–Trinajstić information content (AvgIpc) is 2.43. The van der Waals surface area contributed by atoms with Gasteiger partial charge in [-0.2, -0.15) is 5.26 Å². The molecule has 0 saturated heterocycles. The lowest BCUT2D eigenvalue weighted by Crippen LogP contribution is -2.11. The first-order valence-corrected chi connectivity index (χ1v) is 6.93. The summed E-state index contributed by atoms with van der Waals surface area (Å²) in [5, 5.41) is 8.94. The second-order valence-corrected chi connectivity index (χ2v) is 5.45. The molecular formula is C18H17F2N. The minimum Gasteiger partial charge on any atom is -0.207 e. The van der Waals surface area contributed by atoms with E-state index in [0.29, 0.717) is 5.56 Å². The van der Waals surface area contributed by atoms with Gasteiger partial charge in [0.2, 0.25) is 0 Å². The molecule has 0 heterocycles. The van der Waals surface area contributed by atoms with Crippen LogP contribution in [0.1, 0.15) is 36.5 Å². The van der Waals surface area contributed by atoms with Gasteiger partial charge in [0.1, 0.15) is 11.6 Å². The van der Waals surface area contributed by atoms with Gasteiger partial charge in [-0.1, -0.05) is 32.0 Å². The molecule has 108 valence electrons. The third-order valence-corrected chi connectivity index (χ3v) is 3.61. The third-order valence-electron chi connectivity index (χ3n) is 3.61. The van der Waals surface area contributed by atoms with Crippen molar-refractivity contribution >= 4 is 0 Å². The Morgan fingerprint density at radius 1 is 1.00 bits per heavy atom. The fourth-order valence-electron chi connectivity index (χ4n) is 2.71. The molecule has 0 spiro atoms. The van der Waals surface area contributed by atoms with Gasteiger partial charge in [0.05, 0.1) is 12.5 Å². The zero-order chi connectivity index (χ0) is 15.4. The Hall–Kier alpha value is -2.21. The molecule has 1 nitrogen and oxygen atoms in total. The van der Waals surface area contributed by atoms with Crippen LogP contribution >= 0.6 is 0 Å². The molecule has 0 aliphatic carbocycles. The molecule has 21 heavy (non-hydrogen) atoms. The van der Waals surface area contributed by atoms with E-state index in [1.165, 1.54) is 24.3 Å². The first-order chi connectivity index (χ1) is 10.0. The summed E-state index contributed by atoms with van der Waals surface area (Å²) in [4.78, 5) is 0. The summed E-state index contributed by atoms with van der Waals surface area (Å²) in [5.41, 5.74) is 2.59. The van der Waals surface area contributed by atoms with E-state index in [0.717, 1.165) is 11.1 Å². The molecule has 0 radical (unpaired) electrons. The van der Waals surface area contributed by atoms with E-state index in [-0.39, 0.29) is 29.9 Å². The minimum atomic E-state index is -0.342. The van der Waals surface area contributed by atoms with E-state index >= 15 is 0 Å². The predicted molar refractivity (Wildman–Crippen MR) is 78.8 cm³/mol. The van der Waals surface area contributed by atoms with Crippen LogP contribution < -0.4 is 0 Å². The predicted octanol–water partition coefficient (Wildman–Crippen LogP) is 4.82. The lowest BCUT2D eigenvalue weighted by atomic mass is 9.80. The highest BCUT2D eigenvalue weighted by Gasteiger charge is 2.21. The van der Waals surface area contributed by atoms with Crippen molar-refractivity contribution in [2.45, 2.75) is 26.2 Å². The molecule has 0 fully saturated rings. The second-order valence-electron chi connectivity index (χ2n) is 5.45. The number of hydrogen-bond donors (Lipinski definition) is 0. The molecule has 0 bridgehead atoms. The molecule has 2 aromatic carbocycles. The van der Waals surface area contributed by atoms with Crippen molar-refractivity contribution in [3.8, 4) is 6.07 Å². The molecule has 0 N–H and O–H groups in total. The molecule has 1 unspecified atom stereocenters. The Morgan fingerprint density at radius 2 is 1.62 bits per heavy atom. The Kier molecular flexibility index (Phi) is 4.70. The van der Waals surface area contributed by atoms with Crippen LogP contribution in [-0.2, 0) is 6.42 Å². The summed E-state index contributed by atoms with van der Waals surface area (Å²) in [6.07, 6.45) is 0.164. The van der Waals surface area contributed by atoms with E-state index in [4.69, 9.17) is 5.26 Å². The zero-order valence-corrected chi connectivity index (χ0v) is 12.1. The Balaban J connectivity index is 2.53. The van der Waals surface area contributed by atoms with Crippen molar-refractivity contribution in [1.29, 1.82) is 5.26 Å². The Labute approximate surface area is 123 Å². The van der Waals surface area contributed by atoms with E-state index < -0.39 is 0 Å². The minimum absolute atomic E-state index is 0.00884. The van der Waals surface area contributed by atoms with Crippen LogP contribution in [0.15, 0.2) is 42.5 Å². The normalized spacial score (nSPS) is 12.2. The zero-order valence-electron chi connectivity index (χ0n) is 12.1. The number of halogens is 2. The standard InChI is InChI=1S/C18H17F2N/c1-12(2)18(13-3-5-15(19)6-4-13)17-8-7-16(20)11-14(17)9-10-21/h3-8,11-12,18H,9H2,1-2H3. The van der Waals surface area contributed by atoms with Crippen molar-refractivity contribution in [2.24, 2.45) is 5.92 Å². The van der Waals surface area contributed by atoms with Gasteiger partial charge in [-0.25, -0.2) is 8.78 Å². The highest BCUT2D eigenvalue weighted by molar-refractivity contribution is 5.40. The fourth-order valence-corrected chi connectivity index (χ4v) is 2.71. The largest absolute Gasteiger partial charge is 0.207 e. The summed E-state index contributed by atoms with van der Waals surface area (Å²) in [6.45, 7) is 4.13. The van der Waals surface area contributed by atoms with Crippen molar-refractivity contribution in [1.82, 2.24) is 0 Å². The summed E-state index contributed by atoms with van der Waals surface area (Å²) >= 11 is 0. The van der Waals surface area contributed by atoms with Gasteiger partial charge in [0, 0.05) is 5.92 Å². The smallest absolute Gasteiger partial charge is 0.123 e. The topological polar surface area (TPSA) is 23.8 Å². The van der Waals surface area contributed by atoms with Gasteiger partial charge >= 0.3 is 0 Å². The molecule has 1 atom stereocenters. The lowest BCUT2D eigenvalue weighted by molar-refractivity contribution is 0.555. The van der Waals surface area contributed by atoms with Crippen molar-refractivity contribution in [3.63, 3.8) is 0 Å². The maximum atomic E-state index is 13.4. The lowest BCUT2D eigenvalue weighted by Gasteiger charge is -2.24. The van der Waals surface area contributed by atoms with Gasteiger partial charge in [0.15, 0.2) is 0 Å². The van der Waals surface area contributed by atoms with E-state index in [2.05, 4.69) is 19.9 Å². The number of rotatable bonds is 4. The van der Waals surface area contributed by atoms with Crippen LogP contribution in [0, 0.1) is 28.9 Å². The van der Waals surface area contributed by atoms with Gasteiger partial charge in [-0.3, -0.25) is 0 Å². The maximum Gasteiger partial charge on any atom is 0.123 e. The van der Waals surface area contributed by atoms with Crippen molar-refractivity contribution < 1.29 is 8.78 Å². The molecule has 0 aliphatic rings. The van der Waals surface area contributed by atoms with Crippen LogP contribution in [-0.4, -0.2) is 0 Å². The SMILES string of the molecule is CC(C)C(c1ccc(F)cc1)c1ccc(F)cc1CC#N. The van der Waals surface area contributed by atoms with Crippen LogP contribution in [0.5, 0.6) is 0 Å². The molecule has 2 aromatic rings. The van der Waals surface area contributed by atoms with Crippen molar-refractivity contribution in [2.75, 3.05) is 0 Å². The summed E-state index contributed by atoms with van der Waals surface area (Å²) in [7, 11) is 0. The van der Waals surface area contributed by atoms with Gasteiger partial charge in [0.25, 0.3) is 0 Å². The second kappa shape index (κ2) is 6.49. The van der Waals surface area contributed by atoms with Crippen molar-refractivity contribution in [3.05, 3.63) is 70.8 Å². The van der Waals surface area contributed by atoms with E-state index in [1.54, 1.807) is 18.2 Å². The third kappa shape index (κ3) is 3.46. The molecule has 0 amide bonds. The summed E-state index contributed by atoms with van der Waals surface area (Å²) < 4.78 is 26.5. The van der Waals surface area contributed by atoms with Crippen LogP contribution in [0.4, 0.5) is 8.78 Å². The van der Waals surface area contributed by atoms with Crippen LogP contribution in [0.25, 0.3) is 0 Å². The highest BCUT2D eigenvalue weighted by Crippen LogP contribution is 2.34. The molecule has 0 aliphatic heterocycles. The Bertz CT molecular complexity index is 654. The van der Waals surface area contributed by atoms with Gasteiger partial charge < -0.3 is 0 Å². The van der Waals surface area contributed by atoms with E-state index in [9.17, 15) is 8.78 Å². The fraction of sp³-hybridized carbons (Fsp3) is 0.278. The first kappa shape index (κ1) is 15.2. The first-order valence-electron chi connectivity index (χ1n) is 6.93. The Morgan fingerprint density at radius 3 is 2.19 bits per heavy atom. The highest BCUT2D eigenvalue weighted by atomic mass is 19.1. The summed E-state index contributed by atoms with van der Waals surface area (Å²) in [6, 6.07) is 13.0. The summed E-state index contributed by atoms with van der Waals surface area (Å²) in [5.74, 6) is -0.365. The number of nitrogens with zero attached hydrogens (tertiary/aromatic N) is 1.